The second-order valence-corrected chi connectivity index (χ2v) is 9.96. The monoisotopic (exact) mass is 558 g/mol. The number of nitrogens with zero attached hydrogens (tertiary/aromatic N) is 2. The van der Waals surface area contributed by atoms with Crippen LogP contribution in [0.3, 0.4) is 0 Å². The molecule has 0 radical (unpaired) electrons. The lowest BCUT2D eigenvalue weighted by molar-refractivity contribution is 0.0617. The van der Waals surface area contributed by atoms with Crippen LogP contribution in [0.5, 0.6) is 5.75 Å². The zero-order valence-electron chi connectivity index (χ0n) is 24.1. The summed E-state index contributed by atoms with van der Waals surface area (Å²) in [5.74, 6) is 1.39. The zero-order chi connectivity index (χ0) is 29.5. The van der Waals surface area contributed by atoms with E-state index in [-0.39, 0.29) is 11.9 Å². The van der Waals surface area contributed by atoms with Crippen molar-refractivity contribution in [2.75, 3.05) is 19.9 Å². The highest BCUT2D eigenvalue weighted by Crippen LogP contribution is 2.33. The maximum absolute atomic E-state index is 13.9. The first-order valence-corrected chi connectivity index (χ1v) is 14.5. The molecule has 1 aliphatic carbocycles. The van der Waals surface area contributed by atoms with Gasteiger partial charge in [-0.3, -0.25) is 4.79 Å². The summed E-state index contributed by atoms with van der Waals surface area (Å²) in [7, 11) is 3.18. The van der Waals surface area contributed by atoms with E-state index in [1.54, 1.807) is 30.7 Å². The number of nitrogens with two attached hydrogens (primary N) is 2. The molecule has 0 saturated heterocycles. The summed E-state index contributed by atoms with van der Waals surface area (Å²) in [6.07, 6.45) is 15.4. The average Bonchev–Trinajstić information content (AvgIpc) is 3.48. The number of ether oxygens (including phenoxy) is 1. The number of fused-ring (bicyclic) bond motifs is 1. The van der Waals surface area contributed by atoms with Crippen molar-refractivity contribution in [2.24, 2.45) is 5.73 Å². The first kappa shape index (κ1) is 32.4. The molecule has 6 nitrogen and oxygen atoms in total. The van der Waals surface area contributed by atoms with E-state index in [2.05, 4.69) is 46.7 Å². The molecular formula is C33H42N4O2S. The van der Waals surface area contributed by atoms with E-state index < -0.39 is 0 Å². The third-order valence-corrected chi connectivity index (χ3v) is 7.76. The van der Waals surface area contributed by atoms with Crippen molar-refractivity contribution in [3.63, 3.8) is 0 Å². The van der Waals surface area contributed by atoms with Gasteiger partial charge in [-0.25, -0.2) is 4.98 Å². The maximum Gasteiger partial charge on any atom is 0.264 e. The molecule has 212 valence electrons. The van der Waals surface area contributed by atoms with Crippen LogP contribution < -0.4 is 16.2 Å². The number of aromatic nitrogens is 1. The molecule has 0 atom stereocenters. The van der Waals surface area contributed by atoms with Crippen molar-refractivity contribution in [3.8, 4) is 29.7 Å². The fourth-order valence-corrected chi connectivity index (χ4v) is 5.85. The molecule has 4 aromatic rings. The van der Waals surface area contributed by atoms with Crippen LogP contribution in [0.1, 0.15) is 61.2 Å². The summed E-state index contributed by atoms with van der Waals surface area (Å²) < 4.78 is 6.85. The van der Waals surface area contributed by atoms with E-state index >= 15 is 0 Å². The van der Waals surface area contributed by atoms with Crippen LogP contribution in [0.4, 0.5) is 5.82 Å². The van der Waals surface area contributed by atoms with Gasteiger partial charge in [0.15, 0.2) is 0 Å². The van der Waals surface area contributed by atoms with E-state index in [0.29, 0.717) is 12.4 Å². The molecule has 40 heavy (non-hydrogen) atoms. The Labute approximate surface area is 243 Å². The van der Waals surface area contributed by atoms with E-state index in [1.807, 2.05) is 50.2 Å². The number of hydrogen-bond acceptors (Lipinski definition) is 6. The number of carbonyl (C=O) groups is 1. The van der Waals surface area contributed by atoms with Crippen molar-refractivity contribution in [1.82, 2.24) is 9.88 Å². The molecule has 2 aromatic heterocycles. The van der Waals surface area contributed by atoms with E-state index in [4.69, 9.17) is 10.5 Å². The van der Waals surface area contributed by atoms with Gasteiger partial charge in [-0.15, -0.1) is 24.2 Å². The predicted octanol–water partition coefficient (Wildman–Crippen LogP) is 7.38. The molecule has 0 aliphatic heterocycles. The Kier molecular flexibility index (Phi) is 13.7. The first-order chi connectivity index (χ1) is 19.6. The lowest BCUT2D eigenvalue weighted by atomic mass is 9.93. The van der Waals surface area contributed by atoms with Crippen LogP contribution in [0.25, 0.3) is 21.2 Å². The lowest BCUT2D eigenvalue weighted by Gasteiger charge is -2.34. The Hall–Kier alpha value is -3.86. The number of hydrogen-bond donors (Lipinski definition) is 2. The summed E-state index contributed by atoms with van der Waals surface area (Å²) >= 11 is 1.58. The second-order valence-electron chi connectivity index (χ2n) is 8.87. The molecule has 7 heteroatoms. The minimum atomic E-state index is 0.106. The first-order valence-electron chi connectivity index (χ1n) is 13.7. The zero-order valence-corrected chi connectivity index (χ0v) is 24.9. The molecule has 4 N–H and O–H groups in total. The number of terminal acetylenes is 1. The van der Waals surface area contributed by atoms with Crippen molar-refractivity contribution in [1.29, 1.82) is 0 Å². The molecular weight excluding hydrogens is 516 g/mol. The van der Waals surface area contributed by atoms with Gasteiger partial charge in [-0.1, -0.05) is 57.4 Å². The van der Waals surface area contributed by atoms with Crippen molar-refractivity contribution < 1.29 is 9.53 Å². The highest BCUT2D eigenvalue weighted by atomic mass is 32.1. The van der Waals surface area contributed by atoms with E-state index in [9.17, 15) is 4.79 Å². The molecule has 0 unspecified atom stereocenters. The molecule has 5 rings (SSSR count). The van der Waals surface area contributed by atoms with Gasteiger partial charge in [0.1, 0.15) is 11.6 Å². The van der Waals surface area contributed by atoms with Crippen LogP contribution >= 0.6 is 11.3 Å². The minimum absolute atomic E-state index is 0.106. The number of pyridine rings is 1. The maximum atomic E-state index is 13.9. The van der Waals surface area contributed by atoms with Crippen LogP contribution in [0, 0.1) is 12.8 Å². The highest BCUT2D eigenvalue weighted by Gasteiger charge is 2.28. The van der Waals surface area contributed by atoms with Gasteiger partial charge in [0.25, 0.3) is 5.91 Å². The van der Waals surface area contributed by atoms with Gasteiger partial charge in [0.2, 0.25) is 0 Å². The number of carbonyl (C=O) groups excluding carboxylic acids is 1. The smallest absolute Gasteiger partial charge is 0.264 e. The Morgan fingerprint density at radius 3 is 2.30 bits per heavy atom. The number of amides is 1. The molecule has 0 spiro atoms. The normalized spacial score (nSPS) is 12.5. The van der Waals surface area contributed by atoms with Crippen molar-refractivity contribution in [3.05, 3.63) is 77.3 Å². The van der Waals surface area contributed by atoms with Gasteiger partial charge < -0.3 is 21.1 Å². The largest absolute Gasteiger partial charge is 0.496 e. The highest BCUT2D eigenvalue weighted by molar-refractivity contribution is 7.20. The Morgan fingerprint density at radius 2 is 1.68 bits per heavy atom. The molecule has 2 heterocycles. The lowest BCUT2D eigenvalue weighted by Crippen LogP contribution is -2.40. The summed E-state index contributed by atoms with van der Waals surface area (Å²) in [5, 5.41) is 1.12. The molecule has 1 fully saturated rings. The van der Waals surface area contributed by atoms with Crippen LogP contribution in [0.2, 0.25) is 0 Å². The van der Waals surface area contributed by atoms with Gasteiger partial charge in [0.05, 0.1) is 12.0 Å². The number of nitrogen functional groups attached to an aromatic ring is 1. The van der Waals surface area contributed by atoms with Gasteiger partial charge in [0, 0.05) is 34.6 Å². The van der Waals surface area contributed by atoms with E-state index in [1.165, 1.54) is 13.5 Å². The SMILES string of the molecule is C#C.CC.CN.COc1ccc(-c2ccc(N)nc2)cc1CN(C(=O)c1cc2ccccc2s1)C1CCCCC1. The fraction of sp³-hybridized carbons (Fsp3) is 0.333. The van der Waals surface area contributed by atoms with Crippen LogP contribution in [-0.4, -0.2) is 36.0 Å². The number of methoxy groups -OCH3 is 1. The molecule has 0 bridgehead atoms. The number of thiophene rings is 1. The van der Waals surface area contributed by atoms with Crippen molar-refractivity contribution >= 4 is 33.1 Å². The Balaban J connectivity index is 0.000000876. The molecule has 1 amide bonds. The average molecular weight is 559 g/mol. The third kappa shape index (κ3) is 8.08. The minimum Gasteiger partial charge on any atom is -0.496 e. The summed E-state index contributed by atoms with van der Waals surface area (Å²) in [6.45, 7) is 4.51. The van der Waals surface area contributed by atoms with Crippen LogP contribution in [-0.2, 0) is 6.54 Å². The predicted molar refractivity (Wildman–Crippen MR) is 171 cm³/mol. The van der Waals surface area contributed by atoms with Gasteiger partial charge in [-0.05, 0) is 67.2 Å². The Morgan fingerprint density at radius 1 is 1.00 bits per heavy atom. The summed E-state index contributed by atoms with van der Waals surface area (Å²) in [5.41, 5.74) is 13.3. The number of benzene rings is 2. The van der Waals surface area contributed by atoms with Crippen LogP contribution in [0.15, 0.2) is 66.9 Å². The quantitative estimate of drug-likeness (QED) is 0.241. The molecule has 1 saturated carbocycles. The Bertz CT molecular complexity index is 1310. The summed E-state index contributed by atoms with van der Waals surface area (Å²) in [6, 6.07) is 20.3. The third-order valence-electron chi connectivity index (χ3n) is 6.65. The standard InChI is InChI=1S/C28H29N3O2S.C2H6.C2H2.CH5N/c1-33-24-13-11-19(21-12-14-27(29)30-17-21)15-22(24)18-31(23-8-3-2-4-9-23)28(32)26-16-20-7-5-6-10-25(20)34-26;3*1-2/h5-7,10-17,23H,2-4,8-9,18H2,1H3,(H2,29,30);1-2H3;1-2H;2H2,1H3. The second kappa shape index (κ2) is 17.0. The number of rotatable bonds is 6. The fourth-order valence-electron chi connectivity index (χ4n) is 4.83. The number of anilines is 1. The summed E-state index contributed by atoms with van der Waals surface area (Å²) in [4.78, 5) is 21.0. The van der Waals surface area contributed by atoms with E-state index in [0.717, 1.165) is 63.1 Å². The molecule has 2 aromatic carbocycles. The van der Waals surface area contributed by atoms with Crippen molar-refractivity contribution in [2.45, 2.75) is 58.5 Å². The van der Waals surface area contributed by atoms with Gasteiger partial charge >= 0.3 is 0 Å². The molecule has 1 aliphatic rings. The van der Waals surface area contributed by atoms with Gasteiger partial charge in [-0.2, -0.15) is 0 Å². The topological polar surface area (TPSA) is 94.5 Å².